The number of fused-ring (bicyclic) bond motifs is 1. The highest BCUT2D eigenvalue weighted by molar-refractivity contribution is 7.89. The lowest BCUT2D eigenvalue weighted by Crippen LogP contribution is -2.30. The number of nitrogens with zero attached hydrogens (tertiary/aromatic N) is 1. The van der Waals surface area contributed by atoms with Crippen LogP contribution in [0.3, 0.4) is 0 Å². The third-order valence-corrected chi connectivity index (χ3v) is 4.81. The van der Waals surface area contributed by atoms with Gasteiger partial charge in [-0.2, -0.15) is 0 Å². The van der Waals surface area contributed by atoms with Crippen molar-refractivity contribution >= 4 is 21.6 Å². The van der Waals surface area contributed by atoms with Gasteiger partial charge in [0.2, 0.25) is 15.9 Å². The number of amides is 1. The number of sulfonamides is 1. The van der Waals surface area contributed by atoms with Gasteiger partial charge in [0.05, 0.1) is 17.1 Å². The second-order valence-corrected chi connectivity index (χ2v) is 6.90. The fourth-order valence-corrected chi connectivity index (χ4v) is 3.23. The summed E-state index contributed by atoms with van der Waals surface area (Å²) in [6.45, 7) is 3.46. The minimum atomic E-state index is -3.56. The third kappa shape index (κ3) is 4.11. The molecular formula is C14H21N3O4S. The molecule has 0 aromatic heterocycles. The quantitative estimate of drug-likeness (QED) is 0.735. The van der Waals surface area contributed by atoms with E-state index >= 15 is 0 Å². The molecule has 0 aliphatic carbocycles. The molecule has 0 fully saturated rings. The van der Waals surface area contributed by atoms with Crippen molar-refractivity contribution in [3.63, 3.8) is 0 Å². The van der Waals surface area contributed by atoms with Crippen LogP contribution in [0.25, 0.3) is 0 Å². The van der Waals surface area contributed by atoms with Gasteiger partial charge in [-0.05, 0) is 24.6 Å². The fourth-order valence-electron chi connectivity index (χ4n) is 2.14. The van der Waals surface area contributed by atoms with Gasteiger partial charge < -0.3 is 15.0 Å². The summed E-state index contributed by atoms with van der Waals surface area (Å²) in [5.74, 6) is 0.568. The maximum atomic E-state index is 12.3. The van der Waals surface area contributed by atoms with Crippen LogP contribution in [0.2, 0.25) is 0 Å². The van der Waals surface area contributed by atoms with Crippen molar-refractivity contribution in [1.29, 1.82) is 0 Å². The summed E-state index contributed by atoms with van der Waals surface area (Å²) in [4.78, 5) is 12.9. The summed E-state index contributed by atoms with van der Waals surface area (Å²) in [6.07, 6.45) is 0.534. The number of carbonyl (C=O) groups is 1. The summed E-state index contributed by atoms with van der Waals surface area (Å²) in [7, 11) is -1.66. The molecule has 0 radical (unpaired) electrons. The molecule has 0 saturated heterocycles. The van der Waals surface area contributed by atoms with Gasteiger partial charge in [0.15, 0.2) is 0 Å². The molecule has 1 heterocycles. The Labute approximate surface area is 130 Å². The number of benzene rings is 1. The summed E-state index contributed by atoms with van der Waals surface area (Å²) >= 11 is 0. The van der Waals surface area contributed by atoms with Crippen molar-refractivity contribution in [3.05, 3.63) is 18.2 Å². The Morgan fingerprint density at radius 1 is 1.36 bits per heavy atom. The lowest BCUT2D eigenvalue weighted by atomic mass is 10.2. The SMILES string of the molecule is CC(=O)NCCCNS(=O)(=O)c1ccc2c(c1)N(C)CCO2. The maximum absolute atomic E-state index is 12.3. The van der Waals surface area contributed by atoms with Crippen molar-refractivity contribution in [3.8, 4) is 5.75 Å². The van der Waals surface area contributed by atoms with Crippen LogP contribution >= 0.6 is 0 Å². The van der Waals surface area contributed by atoms with Crippen molar-refractivity contribution in [1.82, 2.24) is 10.0 Å². The van der Waals surface area contributed by atoms with Crippen molar-refractivity contribution in [2.75, 3.05) is 38.2 Å². The predicted molar refractivity (Wildman–Crippen MR) is 83.7 cm³/mol. The highest BCUT2D eigenvalue weighted by atomic mass is 32.2. The van der Waals surface area contributed by atoms with Gasteiger partial charge in [0.1, 0.15) is 12.4 Å². The van der Waals surface area contributed by atoms with E-state index < -0.39 is 10.0 Å². The molecule has 1 aliphatic rings. The van der Waals surface area contributed by atoms with Crippen LogP contribution in [-0.4, -0.2) is 47.6 Å². The zero-order chi connectivity index (χ0) is 16.2. The maximum Gasteiger partial charge on any atom is 0.240 e. The first-order chi connectivity index (χ1) is 10.4. The molecule has 1 aromatic rings. The summed E-state index contributed by atoms with van der Waals surface area (Å²) in [5, 5.41) is 2.62. The average Bonchev–Trinajstić information content (AvgIpc) is 2.46. The number of hydrogen-bond acceptors (Lipinski definition) is 5. The van der Waals surface area contributed by atoms with E-state index in [2.05, 4.69) is 10.0 Å². The molecule has 0 spiro atoms. The number of ether oxygens (including phenoxy) is 1. The van der Waals surface area contributed by atoms with Crippen LogP contribution in [0.5, 0.6) is 5.75 Å². The van der Waals surface area contributed by atoms with E-state index in [0.717, 1.165) is 12.2 Å². The first kappa shape index (κ1) is 16.6. The molecule has 7 nitrogen and oxygen atoms in total. The summed E-state index contributed by atoms with van der Waals surface area (Å²) in [6, 6.07) is 4.83. The van der Waals surface area contributed by atoms with Crippen LogP contribution in [0, 0.1) is 0 Å². The van der Waals surface area contributed by atoms with Crippen LogP contribution < -0.4 is 19.7 Å². The van der Waals surface area contributed by atoms with Crippen LogP contribution in [0.1, 0.15) is 13.3 Å². The van der Waals surface area contributed by atoms with Gasteiger partial charge in [-0.25, -0.2) is 13.1 Å². The highest BCUT2D eigenvalue weighted by Gasteiger charge is 2.20. The molecule has 1 aromatic carbocycles. The molecule has 122 valence electrons. The number of nitrogens with one attached hydrogen (secondary N) is 2. The lowest BCUT2D eigenvalue weighted by Gasteiger charge is -2.28. The number of carbonyl (C=O) groups excluding carboxylic acids is 1. The minimum Gasteiger partial charge on any atom is -0.490 e. The van der Waals surface area contributed by atoms with Gasteiger partial charge >= 0.3 is 0 Å². The van der Waals surface area contributed by atoms with E-state index in [9.17, 15) is 13.2 Å². The first-order valence-corrected chi connectivity index (χ1v) is 8.60. The van der Waals surface area contributed by atoms with Crippen molar-refractivity contribution in [2.24, 2.45) is 0 Å². The molecule has 1 amide bonds. The van der Waals surface area contributed by atoms with Gasteiger partial charge in [0, 0.05) is 27.1 Å². The number of likely N-dealkylation sites (N-methyl/N-ethyl adjacent to an activating group) is 1. The molecule has 8 heteroatoms. The number of rotatable bonds is 6. The smallest absolute Gasteiger partial charge is 0.240 e. The molecule has 0 unspecified atom stereocenters. The van der Waals surface area contributed by atoms with Gasteiger partial charge in [-0.15, -0.1) is 0 Å². The minimum absolute atomic E-state index is 0.124. The summed E-state index contributed by atoms with van der Waals surface area (Å²) < 4.78 is 32.6. The van der Waals surface area contributed by atoms with Gasteiger partial charge in [-0.1, -0.05) is 0 Å². The standard InChI is InChI=1S/C14H21N3O4S/c1-11(18)15-6-3-7-16-22(19,20)12-4-5-14-13(10-12)17(2)8-9-21-14/h4-5,10,16H,3,6-9H2,1-2H3,(H,15,18). The second kappa shape index (κ2) is 6.97. The third-order valence-electron chi connectivity index (χ3n) is 3.36. The number of anilines is 1. The summed E-state index contributed by atoms with van der Waals surface area (Å²) in [5.41, 5.74) is 0.771. The monoisotopic (exact) mass is 327 g/mol. The van der Waals surface area contributed by atoms with E-state index in [1.54, 1.807) is 12.1 Å². The zero-order valence-corrected chi connectivity index (χ0v) is 13.6. The van der Waals surface area contributed by atoms with E-state index in [-0.39, 0.29) is 17.3 Å². The molecule has 2 N–H and O–H groups in total. The Morgan fingerprint density at radius 3 is 2.86 bits per heavy atom. The van der Waals surface area contributed by atoms with Crippen LogP contribution in [0.4, 0.5) is 5.69 Å². The molecular weight excluding hydrogens is 306 g/mol. The van der Waals surface area contributed by atoms with E-state index in [1.165, 1.54) is 13.0 Å². The Morgan fingerprint density at radius 2 is 2.14 bits per heavy atom. The molecule has 0 atom stereocenters. The van der Waals surface area contributed by atoms with Gasteiger partial charge in [-0.3, -0.25) is 4.79 Å². The molecule has 0 saturated carbocycles. The van der Waals surface area contributed by atoms with Crippen LogP contribution in [-0.2, 0) is 14.8 Å². The van der Waals surface area contributed by atoms with Gasteiger partial charge in [0.25, 0.3) is 0 Å². The normalized spacial score (nSPS) is 14.2. The Kier molecular flexibility index (Phi) is 5.25. The van der Waals surface area contributed by atoms with Crippen molar-refractivity contribution < 1.29 is 17.9 Å². The lowest BCUT2D eigenvalue weighted by molar-refractivity contribution is -0.118. The molecule has 1 aliphatic heterocycles. The first-order valence-electron chi connectivity index (χ1n) is 7.12. The number of hydrogen-bond donors (Lipinski definition) is 2. The second-order valence-electron chi connectivity index (χ2n) is 5.13. The molecule has 0 bridgehead atoms. The van der Waals surface area contributed by atoms with E-state index in [0.29, 0.717) is 25.3 Å². The Hall–Kier alpha value is -1.80. The largest absolute Gasteiger partial charge is 0.490 e. The Balaban J connectivity index is 2.00. The van der Waals surface area contributed by atoms with Crippen LogP contribution in [0.15, 0.2) is 23.1 Å². The Bertz CT molecular complexity index is 645. The average molecular weight is 327 g/mol. The predicted octanol–water partition coefficient (Wildman–Crippen LogP) is 0.320. The highest BCUT2D eigenvalue weighted by Crippen LogP contribution is 2.32. The zero-order valence-electron chi connectivity index (χ0n) is 12.8. The van der Waals surface area contributed by atoms with E-state index in [1.807, 2.05) is 11.9 Å². The fraction of sp³-hybridized carbons (Fsp3) is 0.500. The molecule has 2 rings (SSSR count). The van der Waals surface area contributed by atoms with Crippen molar-refractivity contribution in [2.45, 2.75) is 18.2 Å². The van der Waals surface area contributed by atoms with E-state index in [4.69, 9.17) is 4.74 Å². The topological polar surface area (TPSA) is 87.7 Å². The molecule has 22 heavy (non-hydrogen) atoms.